The number of nitro groups is 1. The second-order valence-corrected chi connectivity index (χ2v) is 8.58. The molecule has 2 saturated heterocycles. The number of nitrogens with zero attached hydrogens (tertiary/aromatic N) is 7. The first-order valence-electron chi connectivity index (χ1n) is 11.4. The molecule has 0 bridgehead atoms. The summed E-state index contributed by atoms with van der Waals surface area (Å²) in [6, 6.07) is 6.06. The van der Waals surface area contributed by atoms with Crippen LogP contribution in [0.1, 0.15) is 41.9 Å². The monoisotopic (exact) mass is 455 g/mol. The van der Waals surface area contributed by atoms with Gasteiger partial charge in [0.05, 0.1) is 22.8 Å². The van der Waals surface area contributed by atoms with Crippen molar-refractivity contribution in [2.45, 2.75) is 32.6 Å². The summed E-state index contributed by atoms with van der Waals surface area (Å²) in [7, 11) is 0. The van der Waals surface area contributed by atoms with E-state index in [0.29, 0.717) is 44.1 Å². The predicted molar refractivity (Wildman–Crippen MR) is 120 cm³/mol. The van der Waals surface area contributed by atoms with E-state index in [1.54, 1.807) is 24.0 Å². The topological polar surface area (TPSA) is 118 Å². The summed E-state index contributed by atoms with van der Waals surface area (Å²) in [5.41, 5.74) is 1.18. The van der Waals surface area contributed by atoms with Crippen LogP contribution in [-0.4, -0.2) is 92.2 Å². The van der Waals surface area contributed by atoms with Crippen LogP contribution in [0.15, 0.2) is 24.3 Å². The molecule has 2 aromatic rings. The summed E-state index contributed by atoms with van der Waals surface area (Å²) in [6.07, 6.45) is 4.53. The van der Waals surface area contributed by atoms with Crippen LogP contribution >= 0.6 is 0 Å². The third kappa shape index (κ3) is 5.19. The molecule has 176 valence electrons. The molecule has 0 N–H and O–H groups in total. The van der Waals surface area contributed by atoms with Gasteiger partial charge in [-0.1, -0.05) is 24.1 Å². The molecule has 33 heavy (non-hydrogen) atoms. The van der Waals surface area contributed by atoms with Crippen molar-refractivity contribution in [3.63, 3.8) is 0 Å². The van der Waals surface area contributed by atoms with Crippen molar-refractivity contribution in [3.05, 3.63) is 45.8 Å². The lowest BCUT2D eigenvalue weighted by atomic mass is 10.2. The highest BCUT2D eigenvalue weighted by Crippen LogP contribution is 2.19. The number of aromatic nitrogens is 3. The van der Waals surface area contributed by atoms with E-state index in [1.165, 1.54) is 29.7 Å². The zero-order valence-corrected chi connectivity index (χ0v) is 18.9. The normalized spacial score (nSPS) is 17.6. The number of piperazine rings is 1. The minimum atomic E-state index is -0.473. The van der Waals surface area contributed by atoms with E-state index in [-0.39, 0.29) is 23.2 Å². The lowest BCUT2D eigenvalue weighted by Crippen LogP contribution is -2.51. The van der Waals surface area contributed by atoms with E-state index in [0.717, 1.165) is 25.9 Å². The van der Waals surface area contributed by atoms with E-state index in [1.807, 2.05) is 4.90 Å². The third-order valence-corrected chi connectivity index (χ3v) is 6.36. The molecule has 0 radical (unpaired) electrons. The summed E-state index contributed by atoms with van der Waals surface area (Å²) in [6.45, 7) is 6.08. The fourth-order valence-electron chi connectivity index (χ4n) is 4.38. The van der Waals surface area contributed by atoms with Gasteiger partial charge in [-0.15, -0.1) is 5.10 Å². The first-order valence-corrected chi connectivity index (χ1v) is 11.4. The van der Waals surface area contributed by atoms with Crippen LogP contribution < -0.4 is 0 Å². The number of non-ortho nitro benzene ring substituents is 1. The number of carbonyl (C=O) groups is 2. The lowest BCUT2D eigenvalue weighted by Gasteiger charge is -2.35. The van der Waals surface area contributed by atoms with Crippen LogP contribution in [0.25, 0.3) is 5.69 Å². The second kappa shape index (κ2) is 10.1. The molecule has 4 rings (SSSR count). The van der Waals surface area contributed by atoms with Crippen LogP contribution in [-0.2, 0) is 4.79 Å². The van der Waals surface area contributed by atoms with Crippen molar-refractivity contribution in [2.75, 3.05) is 45.8 Å². The highest BCUT2D eigenvalue weighted by atomic mass is 16.6. The Bertz CT molecular complexity index is 1020. The Hall–Kier alpha value is -3.34. The Morgan fingerprint density at radius 2 is 1.70 bits per heavy atom. The number of nitro benzene ring substituents is 1. The molecule has 11 heteroatoms. The van der Waals surface area contributed by atoms with Gasteiger partial charge in [0.15, 0.2) is 5.69 Å². The molecule has 0 aliphatic carbocycles. The number of amides is 2. The predicted octanol–water partition coefficient (Wildman–Crippen LogP) is 1.64. The average molecular weight is 456 g/mol. The van der Waals surface area contributed by atoms with Crippen LogP contribution in [0.4, 0.5) is 5.69 Å². The Labute approximate surface area is 192 Å². The SMILES string of the molecule is Cc1c(C(=O)N2CCN(CC(=O)N3CCCCCC3)CC2)nnn1-c1cccc([N+](=O)[O-])c1. The highest BCUT2D eigenvalue weighted by Gasteiger charge is 2.28. The Morgan fingerprint density at radius 1 is 1.00 bits per heavy atom. The van der Waals surface area contributed by atoms with Gasteiger partial charge in [-0.2, -0.15) is 0 Å². The minimum Gasteiger partial charge on any atom is -0.342 e. The molecule has 1 aromatic heterocycles. The van der Waals surface area contributed by atoms with Gasteiger partial charge in [-0.25, -0.2) is 4.68 Å². The number of carbonyl (C=O) groups excluding carboxylic acids is 2. The molecule has 0 saturated carbocycles. The van der Waals surface area contributed by atoms with Crippen LogP contribution in [0.3, 0.4) is 0 Å². The fourth-order valence-corrected chi connectivity index (χ4v) is 4.38. The molecule has 0 spiro atoms. The van der Waals surface area contributed by atoms with Crippen molar-refractivity contribution in [3.8, 4) is 5.69 Å². The molecule has 11 nitrogen and oxygen atoms in total. The fraction of sp³-hybridized carbons (Fsp3) is 0.545. The summed E-state index contributed by atoms with van der Waals surface area (Å²) < 4.78 is 1.44. The van der Waals surface area contributed by atoms with E-state index < -0.39 is 4.92 Å². The van der Waals surface area contributed by atoms with Gasteiger partial charge in [0.1, 0.15) is 0 Å². The van der Waals surface area contributed by atoms with Gasteiger partial charge in [0.25, 0.3) is 11.6 Å². The summed E-state index contributed by atoms with van der Waals surface area (Å²) >= 11 is 0. The van der Waals surface area contributed by atoms with Gasteiger partial charge in [-0.05, 0) is 25.8 Å². The zero-order valence-electron chi connectivity index (χ0n) is 18.9. The maximum Gasteiger partial charge on any atom is 0.276 e. The van der Waals surface area contributed by atoms with Crippen molar-refractivity contribution in [1.82, 2.24) is 29.7 Å². The van der Waals surface area contributed by atoms with Gasteiger partial charge in [0, 0.05) is 51.4 Å². The van der Waals surface area contributed by atoms with Gasteiger partial charge < -0.3 is 9.80 Å². The summed E-state index contributed by atoms with van der Waals surface area (Å²) in [5, 5.41) is 19.2. The number of likely N-dealkylation sites (tertiary alicyclic amines) is 1. The van der Waals surface area contributed by atoms with Crippen molar-refractivity contribution in [1.29, 1.82) is 0 Å². The molecule has 0 unspecified atom stereocenters. The van der Waals surface area contributed by atoms with Crippen molar-refractivity contribution >= 4 is 17.5 Å². The molecular formula is C22H29N7O4. The number of hydrogen-bond acceptors (Lipinski definition) is 7. The third-order valence-electron chi connectivity index (χ3n) is 6.36. The van der Waals surface area contributed by atoms with E-state index in [9.17, 15) is 19.7 Å². The van der Waals surface area contributed by atoms with Gasteiger partial charge in [-0.3, -0.25) is 24.6 Å². The molecule has 2 aliphatic rings. The van der Waals surface area contributed by atoms with Crippen LogP contribution in [0.2, 0.25) is 0 Å². The average Bonchev–Trinajstić information content (AvgIpc) is 3.01. The maximum atomic E-state index is 13.1. The van der Waals surface area contributed by atoms with E-state index in [4.69, 9.17) is 0 Å². The Morgan fingerprint density at radius 3 is 2.36 bits per heavy atom. The van der Waals surface area contributed by atoms with Crippen LogP contribution in [0.5, 0.6) is 0 Å². The summed E-state index contributed by atoms with van der Waals surface area (Å²) in [5.74, 6) is -0.0462. The van der Waals surface area contributed by atoms with E-state index in [2.05, 4.69) is 15.2 Å². The Balaban J connectivity index is 1.36. The van der Waals surface area contributed by atoms with E-state index >= 15 is 0 Å². The largest absolute Gasteiger partial charge is 0.342 e. The first kappa shape index (κ1) is 22.8. The molecular weight excluding hydrogens is 426 g/mol. The maximum absolute atomic E-state index is 13.1. The minimum absolute atomic E-state index is 0.0545. The molecule has 0 atom stereocenters. The molecule has 1 aromatic carbocycles. The van der Waals surface area contributed by atoms with Crippen molar-refractivity contribution < 1.29 is 14.5 Å². The molecule has 2 aliphatic heterocycles. The molecule has 2 amide bonds. The molecule has 3 heterocycles. The number of benzene rings is 1. The zero-order chi connectivity index (χ0) is 23.4. The van der Waals surface area contributed by atoms with Gasteiger partial charge >= 0.3 is 0 Å². The Kier molecular flexibility index (Phi) is 6.97. The lowest BCUT2D eigenvalue weighted by molar-refractivity contribution is -0.384. The summed E-state index contributed by atoms with van der Waals surface area (Å²) in [4.78, 5) is 42.1. The smallest absolute Gasteiger partial charge is 0.276 e. The van der Waals surface area contributed by atoms with Crippen molar-refractivity contribution in [2.24, 2.45) is 0 Å². The highest BCUT2D eigenvalue weighted by molar-refractivity contribution is 5.93. The number of rotatable bonds is 5. The number of hydrogen-bond donors (Lipinski definition) is 0. The standard InChI is InChI=1S/C22H29N7O4/c1-17-21(23-24-28(17)18-7-6-8-19(15-18)29(32)33)22(31)27-13-11-25(12-14-27)16-20(30)26-9-4-2-3-5-10-26/h6-8,15H,2-5,9-14,16H2,1H3. The quantitative estimate of drug-likeness (QED) is 0.497. The van der Waals surface area contributed by atoms with Crippen LogP contribution in [0, 0.1) is 17.0 Å². The first-order chi connectivity index (χ1) is 15.9. The molecule has 2 fully saturated rings. The second-order valence-electron chi connectivity index (χ2n) is 8.58. The van der Waals surface area contributed by atoms with Gasteiger partial charge in [0.2, 0.25) is 5.91 Å².